The lowest BCUT2D eigenvalue weighted by Gasteiger charge is -2.45. The fraction of sp³-hybridized carbons (Fsp3) is 0.618. The third-order valence-electron chi connectivity index (χ3n) is 9.20. The van der Waals surface area contributed by atoms with Crippen molar-refractivity contribution in [2.45, 2.75) is 125 Å². The van der Waals surface area contributed by atoms with Gasteiger partial charge in [0.1, 0.15) is 11.5 Å². The van der Waals surface area contributed by atoms with E-state index in [2.05, 4.69) is 13.0 Å². The third-order valence-corrected chi connectivity index (χ3v) is 10.5. The molecule has 0 radical (unpaired) electrons. The van der Waals surface area contributed by atoms with Crippen molar-refractivity contribution >= 4 is 17.7 Å². The van der Waals surface area contributed by atoms with Crippen LogP contribution in [0.5, 0.6) is 11.5 Å². The van der Waals surface area contributed by atoms with Crippen LogP contribution in [0, 0.1) is 5.92 Å². The van der Waals surface area contributed by atoms with E-state index in [0.717, 1.165) is 62.0 Å². The number of carbonyl (C=O) groups is 1. The Morgan fingerprint density at radius 3 is 2.02 bits per heavy atom. The summed E-state index contributed by atoms with van der Waals surface area (Å²) in [6.45, 7) is 2.22. The van der Waals surface area contributed by atoms with Crippen molar-refractivity contribution in [3.63, 3.8) is 0 Å². The zero-order chi connectivity index (χ0) is 32.4. The maximum absolute atomic E-state index is 13.1. The van der Waals surface area contributed by atoms with E-state index in [1.165, 1.54) is 11.1 Å². The molecule has 246 valence electrons. The Morgan fingerprint density at radius 1 is 0.864 bits per heavy atom. The van der Waals surface area contributed by atoms with Gasteiger partial charge in [-0.15, -0.1) is 11.8 Å². The number of phenolic OH excluding ortho intramolecular Hbond substituents is 2. The number of aromatic hydroxyl groups is 2. The molecular weight excluding hydrogens is 599 g/mol. The number of rotatable bonds is 18. The number of carboxylic acids is 1. The van der Waals surface area contributed by atoms with Crippen LogP contribution in [0.15, 0.2) is 47.4 Å². The van der Waals surface area contributed by atoms with E-state index in [1.807, 2.05) is 18.2 Å². The first-order valence-corrected chi connectivity index (χ1v) is 16.7. The molecule has 0 saturated carbocycles. The zero-order valence-electron chi connectivity index (χ0n) is 25.4. The van der Waals surface area contributed by atoms with Crippen molar-refractivity contribution in [3.05, 3.63) is 53.6 Å². The summed E-state index contributed by atoms with van der Waals surface area (Å²) in [7, 11) is 0. The minimum absolute atomic E-state index is 0.0278. The fourth-order valence-electron chi connectivity index (χ4n) is 6.50. The molecule has 2 aromatic carbocycles. The van der Waals surface area contributed by atoms with Gasteiger partial charge >= 0.3 is 18.1 Å². The molecule has 1 heterocycles. The molecule has 3 atom stereocenters. The Hall–Kier alpha value is -2.49. The van der Waals surface area contributed by atoms with Gasteiger partial charge in [-0.1, -0.05) is 76.5 Å². The summed E-state index contributed by atoms with van der Waals surface area (Å²) >= 11 is 1.77. The second kappa shape index (κ2) is 16.2. The molecule has 0 aliphatic carbocycles. The Bertz CT molecular complexity index is 1190. The van der Waals surface area contributed by atoms with Crippen molar-refractivity contribution in [2.24, 2.45) is 5.92 Å². The normalized spacial score (nSPS) is 19.5. The summed E-state index contributed by atoms with van der Waals surface area (Å²) in [4.78, 5) is 12.7. The van der Waals surface area contributed by atoms with E-state index < -0.39 is 30.4 Å². The van der Waals surface area contributed by atoms with Crippen molar-refractivity contribution in [3.8, 4) is 11.5 Å². The smallest absolute Gasteiger partial charge is 0.453 e. The minimum atomic E-state index is -5.57. The molecule has 10 heteroatoms. The van der Waals surface area contributed by atoms with Gasteiger partial charge in [0, 0.05) is 22.5 Å². The highest BCUT2D eigenvalue weighted by Gasteiger charge is 2.56. The molecule has 3 N–H and O–H groups in total. The highest BCUT2D eigenvalue weighted by molar-refractivity contribution is 7.99. The summed E-state index contributed by atoms with van der Waals surface area (Å²) < 4.78 is 63.0. The number of carboxylic acid groups (broad SMARTS) is 1. The molecule has 1 aliphatic heterocycles. The van der Waals surface area contributed by atoms with Crippen molar-refractivity contribution in [2.75, 3.05) is 5.75 Å². The highest BCUT2D eigenvalue weighted by Crippen LogP contribution is 2.54. The molecule has 0 spiro atoms. The minimum Gasteiger partial charge on any atom is -0.508 e. The molecule has 1 aliphatic rings. The first-order valence-electron chi connectivity index (χ1n) is 15.7. The molecule has 3 rings (SSSR count). The largest absolute Gasteiger partial charge is 0.508 e. The highest BCUT2D eigenvalue weighted by atomic mass is 32.2. The number of unbranched alkanes of at least 4 members (excludes halogenated alkanes) is 7. The van der Waals surface area contributed by atoms with Crippen LogP contribution in [0.3, 0.4) is 0 Å². The molecule has 0 saturated heterocycles. The van der Waals surface area contributed by atoms with Crippen LogP contribution in [0.2, 0.25) is 0 Å². The molecule has 3 unspecified atom stereocenters. The number of hydrogen-bond donors (Lipinski definition) is 3. The van der Waals surface area contributed by atoms with E-state index in [0.29, 0.717) is 12.8 Å². The van der Waals surface area contributed by atoms with E-state index in [-0.39, 0.29) is 42.1 Å². The SMILES string of the molecule is CCC1(c2ccc(O)cc2)CSc2cc(O)ccc2C1CCCCCCCCCC(CCCCC(F)(F)C(F)(F)F)C(=O)O. The predicted molar refractivity (Wildman–Crippen MR) is 164 cm³/mol. The summed E-state index contributed by atoms with van der Waals surface area (Å²) in [5.41, 5.74) is 2.39. The molecule has 0 amide bonds. The number of aliphatic carboxylic acids is 1. The molecule has 4 nitrogen and oxygen atoms in total. The molecular formula is C34H45F5O4S. The van der Waals surface area contributed by atoms with Crippen LogP contribution in [0.1, 0.15) is 114 Å². The van der Waals surface area contributed by atoms with Gasteiger partial charge in [0.15, 0.2) is 0 Å². The van der Waals surface area contributed by atoms with Crippen LogP contribution < -0.4 is 0 Å². The standard InChI is InChI=1S/C34H45F5O4S/c1-2-32(25-15-17-26(40)18-16-25)23-44-30-22-27(41)19-20-28(30)29(32)14-9-7-5-3-4-6-8-12-24(31(42)43)13-10-11-21-33(35,36)34(37,38)39/h15-20,22,24,29,40-41H,2-14,21,23H2,1H3,(H,42,43). The second-order valence-electron chi connectivity index (χ2n) is 12.2. The van der Waals surface area contributed by atoms with Gasteiger partial charge in [-0.05, 0) is 73.4 Å². The van der Waals surface area contributed by atoms with Crippen LogP contribution in [-0.4, -0.2) is 39.1 Å². The van der Waals surface area contributed by atoms with Gasteiger partial charge in [0.2, 0.25) is 0 Å². The maximum atomic E-state index is 13.1. The van der Waals surface area contributed by atoms with Gasteiger partial charge in [-0.2, -0.15) is 22.0 Å². The van der Waals surface area contributed by atoms with Crippen LogP contribution in [0.4, 0.5) is 22.0 Å². The average molecular weight is 645 g/mol. The van der Waals surface area contributed by atoms with Gasteiger partial charge < -0.3 is 15.3 Å². The number of halogens is 5. The Balaban J connectivity index is 1.42. The maximum Gasteiger partial charge on any atom is 0.453 e. The first kappa shape index (κ1) is 36.0. The molecule has 44 heavy (non-hydrogen) atoms. The van der Waals surface area contributed by atoms with Gasteiger partial charge in [0.25, 0.3) is 0 Å². The lowest BCUT2D eigenvalue weighted by Crippen LogP contribution is -2.38. The van der Waals surface area contributed by atoms with Gasteiger partial charge in [-0.3, -0.25) is 4.79 Å². The number of thioether (sulfide) groups is 1. The van der Waals surface area contributed by atoms with Crippen LogP contribution >= 0.6 is 11.8 Å². The summed E-state index contributed by atoms with van der Waals surface area (Å²) in [6, 6.07) is 13.2. The van der Waals surface area contributed by atoms with Crippen molar-refractivity contribution in [1.82, 2.24) is 0 Å². The number of alkyl halides is 5. The predicted octanol–water partition coefficient (Wildman–Crippen LogP) is 10.6. The van der Waals surface area contributed by atoms with Gasteiger partial charge in [-0.25, -0.2) is 0 Å². The fourth-order valence-corrected chi connectivity index (χ4v) is 8.06. The summed E-state index contributed by atoms with van der Waals surface area (Å²) in [5.74, 6) is -4.79. The quantitative estimate of drug-likeness (QED) is 0.111. The molecule has 2 aromatic rings. The Labute approximate surface area is 261 Å². The van der Waals surface area contributed by atoms with Crippen LogP contribution in [0.25, 0.3) is 0 Å². The lowest BCUT2D eigenvalue weighted by molar-refractivity contribution is -0.284. The average Bonchev–Trinajstić information content (AvgIpc) is 2.96. The number of phenols is 2. The van der Waals surface area contributed by atoms with E-state index in [1.54, 1.807) is 30.0 Å². The van der Waals surface area contributed by atoms with E-state index in [4.69, 9.17) is 0 Å². The van der Waals surface area contributed by atoms with E-state index >= 15 is 0 Å². The zero-order valence-corrected chi connectivity index (χ0v) is 26.2. The Morgan fingerprint density at radius 2 is 1.43 bits per heavy atom. The summed E-state index contributed by atoms with van der Waals surface area (Å²) in [5, 5.41) is 29.4. The molecule has 0 bridgehead atoms. The molecule has 0 fully saturated rings. The lowest BCUT2D eigenvalue weighted by atomic mass is 9.65. The van der Waals surface area contributed by atoms with Crippen molar-refractivity contribution < 1.29 is 42.1 Å². The number of benzene rings is 2. The first-order chi connectivity index (χ1) is 20.8. The monoisotopic (exact) mass is 644 g/mol. The van der Waals surface area contributed by atoms with Crippen LogP contribution in [-0.2, 0) is 10.2 Å². The van der Waals surface area contributed by atoms with E-state index in [9.17, 15) is 42.1 Å². The number of hydrogen-bond acceptors (Lipinski definition) is 4. The van der Waals surface area contributed by atoms with Gasteiger partial charge in [0.05, 0.1) is 5.92 Å². The Kier molecular flexibility index (Phi) is 13.2. The second-order valence-corrected chi connectivity index (χ2v) is 13.2. The topological polar surface area (TPSA) is 77.8 Å². The summed E-state index contributed by atoms with van der Waals surface area (Å²) in [6.07, 6.45) is 1.92. The molecule has 0 aromatic heterocycles. The number of fused-ring (bicyclic) bond motifs is 1. The van der Waals surface area contributed by atoms with Crippen molar-refractivity contribution in [1.29, 1.82) is 0 Å². The third kappa shape index (κ3) is 9.51.